The van der Waals surface area contributed by atoms with E-state index in [-0.39, 0.29) is 6.61 Å². The summed E-state index contributed by atoms with van der Waals surface area (Å²) in [5.74, 6) is 0. The summed E-state index contributed by atoms with van der Waals surface area (Å²) in [6.07, 6.45) is 15.1. The molecule has 0 aliphatic heterocycles. The summed E-state index contributed by atoms with van der Waals surface area (Å²) in [5.41, 5.74) is 5.48. The van der Waals surface area contributed by atoms with E-state index in [1.165, 1.54) is 57.4 Å². The summed E-state index contributed by atoms with van der Waals surface area (Å²) in [4.78, 5) is 0. The second-order valence-electron chi connectivity index (χ2n) is 6.26. The molecule has 0 fully saturated rings. The summed E-state index contributed by atoms with van der Waals surface area (Å²) in [6.45, 7) is 1.98. The van der Waals surface area contributed by atoms with Crippen molar-refractivity contribution in [1.29, 1.82) is 0 Å². The fourth-order valence-corrected chi connectivity index (χ4v) is 2.43. The van der Waals surface area contributed by atoms with Crippen LogP contribution in [0, 0.1) is 0 Å². The van der Waals surface area contributed by atoms with Gasteiger partial charge in [-0.3, -0.25) is 0 Å². The zero-order valence-corrected chi connectivity index (χ0v) is 14.3. The van der Waals surface area contributed by atoms with Gasteiger partial charge in [0.25, 0.3) is 0 Å². The molecule has 0 radical (unpaired) electrons. The van der Waals surface area contributed by atoms with Gasteiger partial charge in [0.15, 0.2) is 0 Å². The Labute approximate surface area is 136 Å². The van der Waals surface area contributed by atoms with Crippen LogP contribution < -0.4 is 5.73 Å². The SMILES string of the molecule is CCCCCCCCCCCCC(O)/C=C\C(O)C(N)CO. The fourth-order valence-electron chi connectivity index (χ4n) is 2.43. The molecule has 4 nitrogen and oxygen atoms in total. The van der Waals surface area contributed by atoms with E-state index in [9.17, 15) is 10.2 Å². The van der Waals surface area contributed by atoms with E-state index in [4.69, 9.17) is 10.8 Å². The first-order chi connectivity index (χ1) is 10.6. The average Bonchev–Trinajstić information content (AvgIpc) is 2.53. The van der Waals surface area contributed by atoms with E-state index < -0.39 is 18.2 Å². The van der Waals surface area contributed by atoms with E-state index in [1.54, 1.807) is 6.08 Å². The molecule has 5 N–H and O–H groups in total. The van der Waals surface area contributed by atoms with Crippen LogP contribution in [0.25, 0.3) is 0 Å². The highest BCUT2D eigenvalue weighted by molar-refractivity contribution is 4.97. The molecule has 0 aromatic carbocycles. The maximum atomic E-state index is 9.77. The molecule has 0 bridgehead atoms. The highest BCUT2D eigenvalue weighted by Crippen LogP contribution is 2.12. The molecule has 0 saturated heterocycles. The first-order valence-electron chi connectivity index (χ1n) is 9.02. The highest BCUT2D eigenvalue weighted by Gasteiger charge is 2.10. The molecular weight excluding hydrogens is 278 g/mol. The Morgan fingerprint density at radius 3 is 1.82 bits per heavy atom. The second kappa shape index (κ2) is 15.5. The second-order valence-corrected chi connectivity index (χ2v) is 6.26. The monoisotopic (exact) mass is 315 g/mol. The molecule has 0 heterocycles. The van der Waals surface area contributed by atoms with Crippen LogP contribution in [-0.4, -0.2) is 40.2 Å². The van der Waals surface area contributed by atoms with Crippen molar-refractivity contribution in [1.82, 2.24) is 0 Å². The van der Waals surface area contributed by atoms with Crippen molar-refractivity contribution in [3.63, 3.8) is 0 Å². The van der Waals surface area contributed by atoms with E-state index >= 15 is 0 Å². The minimum atomic E-state index is -0.896. The Balaban J connectivity index is 3.42. The molecule has 0 rings (SSSR count). The number of hydrogen-bond donors (Lipinski definition) is 4. The van der Waals surface area contributed by atoms with Gasteiger partial charge < -0.3 is 21.1 Å². The van der Waals surface area contributed by atoms with Crippen LogP contribution in [0.15, 0.2) is 12.2 Å². The predicted octanol–water partition coefficient (Wildman–Crippen LogP) is 2.90. The third-order valence-electron chi connectivity index (χ3n) is 4.03. The van der Waals surface area contributed by atoms with Gasteiger partial charge in [0.1, 0.15) is 0 Å². The first-order valence-corrected chi connectivity index (χ1v) is 9.02. The largest absolute Gasteiger partial charge is 0.395 e. The molecule has 0 aliphatic rings. The smallest absolute Gasteiger partial charge is 0.0895 e. The maximum absolute atomic E-state index is 9.77. The highest BCUT2D eigenvalue weighted by atomic mass is 16.3. The van der Waals surface area contributed by atoms with Crippen molar-refractivity contribution in [2.45, 2.75) is 95.8 Å². The molecule has 0 saturated carbocycles. The summed E-state index contributed by atoms with van der Waals surface area (Å²) in [6, 6.07) is -0.680. The molecule has 0 aromatic rings. The minimum Gasteiger partial charge on any atom is -0.395 e. The van der Waals surface area contributed by atoms with Crippen molar-refractivity contribution in [3.05, 3.63) is 12.2 Å². The third kappa shape index (κ3) is 13.3. The molecule has 3 unspecified atom stereocenters. The number of hydrogen-bond acceptors (Lipinski definition) is 4. The van der Waals surface area contributed by atoms with E-state index in [0.29, 0.717) is 6.42 Å². The van der Waals surface area contributed by atoms with Crippen LogP contribution in [0.2, 0.25) is 0 Å². The Morgan fingerprint density at radius 2 is 1.32 bits per heavy atom. The van der Waals surface area contributed by atoms with Crippen LogP contribution in [0.5, 0.6) is 0 Å². The zero-order chi connectivity index (χ0) is 16.6. The van der Waals surface area contributed by atoms with Gasteiger partial charge in [-0.25, -0.2) is 0 Å². The average molecular weight is 315 g/mol. The van der Waals surface area contributed by atoms with Gasteiger partial charge in [-0.2, -0.15) is 0 Å². The number of rotatable bonds is 15. The van der Waals surface area contributed by atoms with Crippen LogP contribution in [0.3, 0.4) is 0 Å². The molecular formula is C18H37NO3. The van der Waals surface area contributed by atoms with E-state index in [0.717, 1.165) is 12.8 Å². The lowest BCUT2D eigenvalue weighted by molar-refractivity contribution is 0.141. The van der Waals surface area contributed by atoms with Crippen LogP contribution in [-0.2, 0) is 0 Å². The van der Waals surface area contributed by atoms with Gasteiger partial charge >= 0.3 is 0 Å². The summed E-state index contributed by atoms with van der Waals surface area (Å²) in [5, 5.41) is 28.1. The van der Waals surface area contributed by atoms with Gasteiger partial charge in [0.2, 0.25) is 0 Å². The molecule has 0 aliphatic carbocycles. The summed E-state index contributed by atoms with van der Waals surface area (Å²) < 4.78 is 0. The number of nitrogens with two attached hydrogens (primary N) is 1. The fraction of sp³-hybridized carbons (Fsp3) is 0.889. The Morgan fingerprint density at radius 1 is 0.818 bits per heavy atom. The molecule has 0 spiro atoms. The van der Waals surface area contributed by atoms with Crippen LogP contribution in [0.1, 0.15) is 77.6 Å². The number of aliphatic hydroxyl groups is 3. The van der Waals surface area contributed by atoms with Crippen LogP contribution in [0.4, 0.5) is 0 Å². The normalized spacial score (nSPS) is 16.0. The lowest BCUT2D eigenvalue weighted by atomic mass is 10.0. The molecule has 22 heavy (non-hydrogen) atoms. The van der Waals surface area contributed by atoms with Crippen LogP contribution >= 0.6 is 0 Å². The van der Waals surface area contributed by atoms with Crippen molar-refractivity contribution in [2.24, 2.45) is 5.73 Å². The van der Waals surface area contributed by atoms with Gasteiger partial charge in [-0.15, -0.1) is 0 Å². The molecule has 132 valence electrons. The van der Waals surface area contributed by atoms with Gasteiger partial charge in [-0.1, -0.05) is 83.3 Å². The van der Waals surface area contributed by atoms with Crippen molar-refractivity contribution < 1.29 is 15.3 Å². The maximum Gasteiger partial charge on any atom is 0.0895 e. The van der Waals surface area contributed by atoms with Gasteiger partial charge in [0, 0.05) is 0 Å². The third-order valence-corrected chi connectivity index (χ3v) is 4.03. The minimum absolute atomic E-state index is 0.264. The Hall–Kier alpha value is -0.420. The van der Waals surface area contributed by atoms with Gasteiger partial charge in [-0.05, 0) is 6.42 Å². The standard InChI is InChI=1S/C18H37NO3/c1-2-3-4-5-6-7-8-9-10-11-12-16(21)13-14-18(22)17(19)15-20/h13-14,16-18,20-22H,2-12,15,19H2,1H3/b14-13-. The molecule has 0 amide bonds. The first kappa shape index (κ1) is 21.6. The molecule has 3 atom stereocenters. The Kier molecular flexibility index (Phi) is 15.2. The van der Waals surface area contributed by atoms with E-state index in [2.05, 4.69) is 6.92 Å². The lowest BCUT2D eigenvalue weighted by Crippen LogP contribution is -2.36. The summed E-state index contributed by atoms with van der Waals surface area (Å²) in [7, 11) is 0. The quantitative estimate of drug-likeness (QED) is 0.276. The van der Waals surface area contributed by atoms with E-state index in [1.807, 2.05) is 0 Å². The molecule has 0 aromatic heterocycles. The summed E-state index contributed by atoms with van der Waals surface area (Å²) >= 11 is 0. The van der Waals surface area contributed by atoms with Crippen molar-refractivity contribution in [3.8, 4) is 0 Å². The topological polar surface area (TPSA) is 86.7 Å². The zero-order valence-electron chi connectivity index (χ0n) is 14.3. The van der Waals surface area contributed by atoms with Gasteiger partial charge in [0.05, 0.1) is 24.9 Å². The lowest BCUT2D eigenvalue weighted by Gasteiger charge is -2.13. The van der Waals surface area contributed by atoms with Crippen molar-refractivity contribution >= 4 is 0 Å². The molecule has 4 heteroatoms. The number of aliphatic hydroxyl groups excluding tert-OH is 3. The Bertz CT molecular complexity index is 259. The van der Waals surface area contributed by atoms with Crippen molar-refractivity contribution in [2.75, 3.05) is 6.61 Å². The number of unbranched alkanes of at least 4 members (excludes halogenated alkanes) is 9. The predicted molar refractivity (Wildman–Crippen MR) is 92.7 cm³/mol.